The second kappa shape index (κ2) is 23.4. The number of hydrogen-bond donors (Lipinski definition) is 7. The first kappa shape index (κ1) is 52.0. The Bertz CT molecular complexity index is 2900. The fourth-order valence-electron chi connectivity index (χ4n) is 8.82. The van der Waals surface area contributed by atoms with Crippen LogP contribution in [0.2, 0.25) is 10.0 Å². The normalized spacial score (nSPS) is 17.8. The number of carbonyl (C=O) groups is 6. The first-order chi connectivity index (χ1) is 34.0. The summed E-state index contributed by atoms with van der Waals surface area (Å²) in [5.74, 6) is -3.44. The van der Waals surface area contributed by atoms with Crippen LogP contribution in [-0.2, 0) is 14.3 Å². The van der Waals surface area contributed by atoms with Gasteiger partial charge >= 0.3 is 11.9 Å². The molecule has 20 heteroatoms. The molecule has 8 rings (SSSR count). The number of halogens is 2. The maximum absolute atomic E-state index is 13.3. The average molecular weight is 1010 g/mol. The number of carboxylic acids is 1. The number of amides is 4. The Kier molecular flexibility index (Phi) is 17.1. The van der Waals surface area contributed by atoms with Crippen molar-refractivity contribution in [3.05, 3.63) is 106 Å². The molecule has 2 aliphatic rings. The van der Waals surface area contributed by atoms with E-state index < -0.39 is 23.8 Å². The Morgan fingerprint density at radius 2 is 1.00 bits per heavy atom. The number of esters is 1. The maximum Gasteiger partial charge on any atom is 0.337 e. The molecule has 18 nitrogen and oxygen atoms in total. The highest BCUT2D eigenvalue weighted by molar-refractivity contribution is 6.30. The smallest absolute Gasteiger partial charge is 0.337 e. The minimum absolute atomic E-state index is 0.0143. The van der Waals surface area contributed by atoms with Gasteiger partial charge in [-0.3, -0.25) is 19.2 Å². The largest absolute Gasteiger partial charge is 0.478 e. The van der Waals surface area contributed by atoms with Gasteiger partial charge in [0.2, 0.25) is 23.3 Å². The molecule has 0 bridgehead atoms. The van der Waals surface area contributed by atoms with Gasteiger partial charge in [0.25, 0.3) is 11.8 Å². The molecule has 0 unspecified atom stereocenters. The summed E-state index contributed by atoms with van der Waals surface area (Å²) in [7, 11) is 1.28. The number of furan rings is 2. The first-order valence-electron chi connectivity index (χ1n) is 23.4. The number of carboxylic acid groups (broad SMARTS) is 1. The van der Waals surface area contributed by atoms with Crippen LogP contribution < -0.4 is 31.9 Å². The van der Waals surface area contributed by atoms with E-state index in [1.54, 1.807) is 30.3 Å². The zero-order valence-corrected chi connectivity index (χ0v) is 41.3. The van der Waals surface area contributed by atoms with Crippen molar-refractivity contribution in [1.29, 1.82) is 0 Å². The SMILES string of the molecule is CC(C)NC1CCC(C(=O)Nc2c(C(=O)Nc3ccc(Cl)cn3)oc3ccc(C(=O)O)cc23)CC1.COC(=O)c1ccc2oc(C(=O)Nc3ccc(Cl)cn3)c(NC(=O)C3CCC(NC(C)C)CC3)c2c1. The Balaban J connectivity index is 0.000000209. The number of aromatic nitrogens is 2. The number of ether oxygens (including phenoxy) is 1. The van der Waals surface area contributed by atoms with Crippen LogP contribution in [0.1, 0.15) is 121 Å². The van der Waals surface area contributed by atoms with Crippen LogP contribution in [0.25, 0.3) is 21.9 Å². The van der Waals surface area contributed by atoms with Crippen LogP contribution >= 0.6 is 23.2 Å². The summed E-state index contributed by atoms with van der Waals surface area (Å²) >= 11 is 11.7. The zero-order valence-electron chi connectivity index (χ0n) is 39.8. The highest BCUT2D eigenvalue weighted by atomic mass is 35.5. The quantitative estimate of drug-likeness (QED) is 0.0501. The second-order valence-corrected chi connectivity index (χ2v) is 19.1. The van der Waals surface area contributed by atoms with Gasteiger partial charge < -0.3 is 50.6 Å². The van der Waals surface area contributed by atoms with Crippen molar-refractivity contribution < 1.29 is 47.4 Å². The molecule has 2 aliphatic carbocycles. The van der Waals surface area contributed by atoms with Gasteiger partial charge in [-0.05, 0) is 112 Å². The van der Waals surface area contributed by atoms with Crippen LogP contribution in [0.3, 0.4) is 0 Å². The van der Waals surface area contributed by atoms with Gasteiger partial charge in [0.15, 0.2) is 0 Å². The van der Waals surface area contributed by atoms with E-state index in [0.29, 0.717) is 63.4 Å². The topological polar surface area (TPSA) is 256 Å². The van der Waals surface area contributed by atoms with E-state index in [1.165, 1.54) is 49.8 Å². The van der Waals surface area contributed by atoms with E-state index in [0.717, 1.165) is 38.5 Å². The van der Waals surface area contributed by atoms with Crippen molar-refractivity contribution in [3.63, 3.8) is 0 Å². The molecule has 0 saturated heterocycles. The van der Waals surface area contributed by atoms with Crippen molar-refractivity contribution in [1.82, 2.24) is 20.6 Å². The van der Waals surface area contributed by atoms with Gasteiger partial charge in [-0.15, -0.1) is 0 Å². The summed E-state index contributed by atoms with van der Waals surface area (Å²) < 4.78 is 16.4. The number of anilines is 4. The number of benzene rings is 2. The van der Waals surface area contributed by atoms with Gasteiger partial charge in [0.05, 0.1) is 28.3 Å². The summed E-state index contributed by atoms with van der Waals surface area (Å²) in [5.41, 5.74) is 1.26. The molecular weight excluding hydrogens is 956 g/mol. The molecule has 0 spiro atoms. The third-order valence-electron chi connectivity index (χ3n) is 12.2. The number of methoxy groups -OCH3 is 1. The van der Waals surface area contributed by atoms with Gasteiger partial charge in [0, 0.05) is 59.2 Å². The van der Waals surface area contributed by atoms with E-state index in [2.05, 4.69) is 69.6 Å². The van der Waals surface area contributed by atoms with Crippen molar-refractivity contribution >= 4 is 104 Å². The van der Waals surface area contributed by atoms with Gasteiger partial charge in [0.1, 0.15) is 34.2 Å². The minimum atomic E-state index is -1.13. The fraction of sp³-hybridized carbons (Fsp3) is 0.373. The zero-order chi connectivity index (χ0) is 50.9. The number of carbonyl (C=O) groups excluding carboxylic acids is 5. The monoisotopic (exact) mass is 1010 g/mol. The van der Waals surface area contributed by atoms with Crippen LogP contribution in [0, 0.1) is 11.8 Å². The van der Waals surface area contributed by atoms with E-state index in [9.17, 15) is 33.9 Å². The predicted molar refractivity (Wildman–Crippen MR) is 270 cm³/mol. The van der Waals surface area contributed by atoms with Crippen LogP contribution in [0.4, 0.5) is 23.0 Å². The molecule has 6 aromatic rings. The molecular formula is C51H56Cl2N8O10. The lowest BCUT2D eigenvalue weighted by molar-refractivity contribution is -0.121. The number of nitrogens with zero attached hydrogens (tertiary/aromatic N) is 2. The van der Waals surface area contributed by atoms with Crippen LogP contribution in [0.5, 0.6) is 0 Å². The molecule has 7 N–H and O–H groups in total. The highest BCUT2D eigenvalue weighted by Crippen LogP contribution is 2.36. The fourth-order valence-corrected chi connectivity index (χ4v) is 9.05. The molecule has 4 heterocycles. The highest BCUT2D eigenvalue weighted by Gasteiger charge is 2.32. The summed E-state index contributed by atoms with van der Waals surface area (Å²) in [6.45, 7) is 8.41. The standard InChI is InChI=1S/C26H29ClN4O5.C25H27ClN4O5/c1-14(2)29-18-8-4-15(5-9-18)24(32)31-22-19-12-16(26(34)35-3)6-10-20(19)36-23(22)25(33)30-21-11-7-17(27)13-28-21;1-13(2)28-17-7-3-14(4-8-17)23(31)30-21-18-11-15(25(33)34)5-9-19(18)35-22(21)24(32)29-20-10-6-16(26)12-27-20/h6-7,10-15,18,29H,4-5,8-9H2,1-3H3,(H,31,32)(H,28,30,33);5-6,9-14,17,28H,3-4,7-8H2,1-2H3,(H,30,31)(H,33,34)(H,27,29,32). The molecule has 0 atom stereocenters. The molecule has 374 valence electrons. The number of nitrogens with one attached hydrogen (secondary N) is 6. The Morgan fingerprint density at radius 3 is 1.37 bits per heavy atom. The van der Waals surface area contributed by atoms with Gasteiger partial charge in [-0.1, -0.05) is 50.9 Å². The van der Waals surface area contributed by atoms with Crippen molar-refractivity contribution in [2.24, 2.45) is 11.8 Å². The molecule has 4 amide bonds. The summed E-state index contributed by atoms with van der Waals surface area (Å²) in [6.07, 6.45) is 9.22. The van der Waals surface area contributed by atoms with Gasteiger partial charge in [-0.25, -0.2) is 19.6 Å². The van der Waals surface area contributed by atoms with Crippen LogP contribution in [-0.4, -0.2) is 81.9 Å². The number of fused-ring (bicyclic) bond motifs is 2. The van der Waals surface area contributed by atoms with E-state index >= 15 is 0 Å². The molecule has 71 heavy (non-hydrogen) atoms. The van der Waals surface area contributed by atoms with Gasteiger partial charge in [-0.2, -0.15) is 0 Å². The molecule has 2 aromatic carbocycles. The van der Waals surface area contributed by atoms with E-state index in [4.69, 9.17) is 36.8 Å². The molecule has 2 saturated carbocycles. The Hall–Kier alpha value is -6.86. The van der Waals surface area contributed by atoms with Crippen molar-refractivity contribution in [3.8, 4) is 0 Å². The van der Waals surface area contributed by atoms with E-state index in [-0.39, 0.29) is 74.9 Å². The number of hydrogen-bond acceptors (Lipinski definition) is 13. The van der Waals surface area contributed by atoms with Crippen molar-refractivity contribution in [2.75, 3.05) is 28.4 Å². The maximum atomic E-state index is 13.3. The average Bonchev–Trinajstić information content (AvgIpc) is 3.90. The number of pyridine rings is 2. The van der Waals surface area contributed by atoms with Crippen molar-refractivity contribution in [2.45, 2.75) is 103 Å². The number of rotatable bonds is 14. The Morgan fingerprint density at radius 1 is 0.592 bits per heavy atom. The van der Waals surface area contributed by atoms with Crippen LogP contribution in [0.15, 0.2) is 81.9 Å². The lowest BCUT2D eigenvalue weighted by Gasteiger charge is -2.29. The van der Waals surface area contributed by atoms with E-state index in [1.807, 2.05) is 0 Å². The summed E-state index contributed by atoms with van der Waals surface area (Å²) in [4.78, 5) is 84.4. The third kappa shape index (κ3) is 13.3. The third-order valence-corrected chi connectivity index (χ3v) is 12.7. The summed E-state index contributed by atoms with van der Waals surface area (Å²) in [5, 5.41) is 29.1. The second-order valence-electron chi connectivity index (χ2n) is 18.2. The lowest BCUT2D eigenvalue weighted by atomic mass is 9.85. The molecule has 0 aliphatic heterocycles. The predicted octanol–water partition coefficient (Wildman–Crippen LogP) is 9.94. The molecule has 4 aromatic heterocycles. The molecule has 0 radical (unpaired) electrons. The molecule has 2 fully saturated rings. The number of aromatic carboxylic acids is 1. The summed E-state index contributed by atoms with van der Waals surface area (Å²) in [6, 6.07) is 16.7. The Labute approximate surface area is 419 Å². The minimum Gasteiger partial charge on any atom is -0.478 e. The first-order valence-corrected chi connectivity index (χ1v) is 24.2. The lowest BCUT2D eigenvalue weighted by Crippen LogP contribution is -2.39.